The van der Waals surface area contributed by atoms with Crippen LogP contribution in [0.15, 0.2) is 16.9 Å². The van der Waals surface area contributed by atoms with Crippen molar-refractivity contribution in [1.29, 1.82) is 5.26 Å². The fourth-order valence-corrected chi connectivity index (χ4v) is 2.31. The van der Waals surface area contributed by atoms with Gasteiger partial charge in [-0.25, -0.2) is 0 Å². The van der Waals surface area contributed by atoms with Crippen LogP contribution < -0.4 is 5.56 Å². The SMILES string of the molecule is Cc1ccc(C#N)c(=O)n1CC(=O)OC1CCCC1. The average molecular weight is 260 g/mol. The third kappa shape index (κ3) is 3.02. The second-order valence-corrected chi connectivity index (χ2v) is 4.79. The first-order chi connectivity index (χ1) is 9.11. The molecule has 0 amide bonds. The highest BCUT2D eigenvalue weighted by Crippen LogP contribution is 2.21. The molecular weight excluding hydrogens is 244 g/mol. The number of pyridine rings is 1. The van der Waals surface area contributed by atoms with Gasteiger partial charge in [0.05, 0.1) is 0 Å². The van der Waals surface area contributed by atoms with Gasteiger partial charge in [0.1, 0.15) is 24.3 Å². The number of nitriles is 1. The zero-order valence-electron chi connectivity index (χ0n) is 10.9. The Bertz CT molecular complexity index is 577. The van der Waals surface area contributed by atoms with Crippen LogP contribution in [0.2, 0.25) is 0 Å². The Morgan fingerprint density at radius 2 is 2.16 bits per heavy atom. The molecule has 0 unspecified atom stereocenters. The zero-order valence-corrected chi connectivity index (χ0v) is 10.9. The largest absolute Gasteiger partial charge is 0.461 e. The highest BCUT2D eigenvalue weighted by molar-refractivity contribution is 5.69. The molecule has 1 aromatic heterocycles. The monoisotopic (exact) mass is 260 g/mol. The van der Waals surface area contributed by atoms with Crippen LogP contribution in [0.4, 0.5) is 0 Å². The number of carbonyl (C=O) groups excluding carboxylic acids is 1. The standard InChI is InChI=1S/C14H16N2O3/c1-10-6-7-11(8-15)14(18)16(10)9-13(17)19-12-4-2-3-5-12/h6-7,12H,2-5,9H2,1H3. The molecular formula is C14H16N2O3. The Labute approximate surface area is 111 Å². The van der Waals surface area contributed by atoms with Gasteiger partial charge in [-0.2, -0.15) is 5.26 Å². The van der Waals surface area contributed by atoms with Crippen molar-refractivity contribution in [2.45, 2.75) is 45.3 Å². The third-order valence-corrected chi connectivity index (χ3v) is 3.40. The molecule has 5 heteroatoms. The minimum atomic E-state index is -0.439. The molecule has 2 rings (SSSR count). The molecule has 0 N–H and O–H groups in total. The molecule has 1 aromatic rings. The Hall–Kier alpha value is -2.09. The molecule has 1 heterocycles. The van der Waals surface area contributed by atoms with Crippen molar-refractivity contribution >= 4 is 5.97 Å². The van der Waals surface area contributed by atoms with E-state index in [2.05, 4.69) is 0 Å². The van der Waals surface area contributed by atoms with Gasteiger partial charge in [-0.15, -0.1) is 0 Å². The lowest BCUT2D eigenvalue weighted by Gasteiger charge is -2.13. The fraction of sp³-hybridized carbons (Fsp3) is 0.500. The third-order valence-electron chi connectivity index (χ3n) is 3.40. The summed E-state index contributed by atoms with van der Waals surface area (Å²) in [7, 11) is 0. The minimum absolute atomic E-state index is 0.0114. The lowest BCUT2D eigenvalue weighted by atomic mass is 10.2. The van der Waals surface area contributed by atoms with E-state index in [9.17, 15) is 9.59 Å². The maximum absolute atomic E-state index is 11.9. The predicted molar refractivity (Wildman–Crippen MR) is 68.5 cm³/mol. The van der Waals surface area contributed by atoms with Crippen molar-refractivity contribution in [1.82, 2.24) is 4.57 Å². The highest BCUT2D eigenvalue weighted by atomic mass is 16.5. The van der Waals surface area contributed by atoms with Gasteiger partial charge >= 0.3 is 5.97 Å². The lowest BCUT2D eigenvalue weighted by Crippen LogP contribution is -2.30. The summed E-state index contributed by atoms with van der Waals surface area (Å²) in [5, 5.41) is 8.82. The first kappa shape index (κ1) is 13.3. The smallest absolute Gasteiger partial charge is 0.326 e. The van der Waals surface area contributed by atoms with Gasteiger partial charge in [-0.05, 0) is 44.7 Å². The van der Waals surface area contributed by atoms with Crippen LogP contribution in [0.25, 0.3) is 0 Å². The van der Waals surface area contributed by atoms with Crippen LogP contribution in [-0.2, 0) is 16.1 Å². The van der Waals surface area contributed by atoms with Crippen molar-refractivity contribution < 1.29 is 9.53 Å². The summed E-state index contributed by atoms with van der Waals surface area (Å²) in [6.45, 7) is 1.60. The summed E-state index contributed by atoms with van der Waals surface area (Å²) in [5.41, 5.74) is 0.248. The molecule has 0 bridgehead atoms. The second-order valence-electron chi connectivity index (χ2n) is 4.79. The Morgan fingerprint density at radius 3 is 2.79 bits per heavy atom. The summed E-state index contributed by atoms with van der Waals surface area (Å²) in [4.78, 5) is 23.7. The van der Waals surface area contributed by atoms with Gasteiger partial charge in [0.15, 0.2) is 0 Å². The summed E-state index contributed by atoms with van der Waals surface area (Å²) >= 11 is 0. The zero-order chi connectivity index (χ0) is 13.8. The molecule has 1 aliphatic rings. The maximum atomic E-state index is 11.9. The quantitative estimate of drug-likeness (QED) is 0.772. The number of carbonyl (C=O) groups is 1. The molecule has 1 aliphatic carbocycles. The molecule has 0 atom stereocenters. The van der Waals surface area contributed by atoms with E-state index in [0.717, 1.165) is 25.7 Å². The van der Waals surface area contributed by atoms with Crippen LogP contribution in [0.1, 0.15) is 36.9 Å². The molecule has 1 saturated carbocycles. The average Bonchev–Trinajstić information content (AvgIpc) is 2.87. The predicted octanol–water partition coefficient (Wildman–Crippen LogP) is 1.51. The van der Waals surface area contributed by atoms with Crippen molar-refractivity contribution in [2.24, 2.45) is 0 Å². The van der Waals surface area contributed by atoms with Crippen molar-refractivity contribution in [3.63, 3.8) is 0 Å². The number of hydrogen-bond acceptors (Lipinski definition) is 4. The van der Waals surface area contributed by atoms with Gasteiger partial charge in [0.2, 0.25) is 0 Å². The summed E-state index contributed by atoms with van der Waals surface area (Å²) in [6.07, 6.45) is 3.96. The number of nitrogens with zero attached hydrogens (tertiary/aromatic N) is 2. The molecule has 19 heavy (non-hydrogen) atoms. The molecule has 0 radical (unpaired) electrons. The van der Waals surface area contributed by atoms with E-state index in [1.54, 1.807) is 13.0 Å². The van der Waals surface area contributed by atoms with E-state index in [4.69, 9.17) is 10.00 Å². The fourth-order valence-electron chi connectivity index (χ4n) is 2.31. The van der Waals surface area contributed by atoms with E-state index in [-0.39, 0.29) is 18.2 Å². The van der Waals surface area contributed by atoms with E-state index in [1.165, 1.54) is 10.6 Å². The van der Waals surface area contributed by atoms with Crippen LogP contribution in [-0.4, -0.2) is 16.6 Å². The topological polar surface area (TPSA) is 72.1 Å². The van der Waals surface area contributed by atoms with Crippen molar-refractivity contribution in [3.8, 4) is 6.07 Å². The number of aromatic nitrogens is 1. The Balaban J connectivity index is 2.12. The van der Waals surface area contributed by atoms with Crippen molar-refractivity contribution in [3.05, 3.63) is 33.7 Å². The number of rotatable bonds is 3. The Kier molecular flexibility index (Phi) is 4.00. The van der Waals surface area contributed by atoms with Crippen LogP contribution >= 0.6 is 0 Å². The molecule has 1 fully saturated rings. The number of ether oxygens (including phenoxy) is 1. The Morgan fingerprint density at radius 1 is 1.47 bits per heavy atom. The minimum Gasteiger partial charge on any atom is -0.461 e. The van der Waals surface area contributed by atoms with E-state index in [1.807, 2.05) is 6.07 Å². The normalized spacial score (nSPS) is 15.2. The molecule has 0 saturated heterocycles. The van der Waals surface area contributed by atoms with E-state index >= 15 is 0 Å². The van der Waals surface area contributed by atoms with Crippen LogP contribution in [0.5, 0.6) is 0 Å². The summed E-state index contributed by atoms with van der Waals surface area (Å²) in [5.74, 6) is -0.410. The van der Waals surface area contributed by atoms with E-state index in [0.29, 0.717) is 5.69 Å². The molecule has 0 aliphatic heterocycles. The molecule has 5 nitrogen and oxygen atoms in total. The molecule has 0 aromatic carbocycles. The number of hydrogen-bond donors (Lipinski definition) is 0. The first-order valence-electron chi connectivity index (χ1n) is 6.42. The van der Waals surface area contributed by atoms with Crippen LogP contribution in [0.3, 0.4) is 0 Å². The van der Waals surface area contributed by atoms with Gasteiger partial charge < -0.3 is 9.30 Å². The highest BCUT2D eigenvalue weighted by Gasteiger charge is 2.20. The summed E-state index contributed by atoms with van der Waals surface area (Å²) < 4.78 is 6.60. The lowest BCUT2D eigenvalue weighted by molar-refractivity contribution is -0.149. The van der Waals surface area contributed by atoms with Crippen molar-refractivity contribution in [2.75, 3.05) is 0 Å². The van der Waals surface area contributed by atoms with Gasteiger partial charge in [-0.3, -0.25) is 9.59 Å². The second kappa shape index (κ2) is 5.70. The maximum Gasteiger partial charge on any atom is 0.326 e. The van der Waals surface area contributed by atoms with E-state index < -0.39 is 11.5 Å². The molecule has 100 valence electrons. The van der Waals surface area contributed by atoms with Gasteiger partial charge in [-0.1, -0.05) is 0 Å². The molecule has 0 spiro atoms. The summed E-state index contributed by atoms with van der Waals surface area (Å²) in [6, 6.07) is 4.95. The van der Waals surface area contributed by atoms with Gasteiger partial charge in [0, 0.05) is 5.69 Å². The number of aryl methyl sites for hydroxylation is 1. The van der Waals surface area contributed by atoms with Gasteiger partial charge in [0.25, 0.3) is 5.56 Å². The first-order valence-corrected chi connectivity index (χ1v) is 6.42. The number of esters is 1. The van der Waals surface area contributed by atoms with Crippen LogP contribution in [0, 0.1) is 18.3 Å².